The normalized spacial score (nSPS) is 42.9. The lowest BCUT2D eigenvalue weighted by Gasteiger charge is -2.49. The minimum absolute atomic E-state index is 0.337. The van der Waals surface area contributed by atoms with Gasteiger partial charge in [0.2, 0.25) is 0 Å². The second-order valence-corrected chi connectivity index (χ2v) is 6.40. The summed E-state index contributed by atoms with van der Waals surface area (Å²) in [6.45, 7) is 5.89. The molecule has 0 aromatic heterocycles. The van der Waals surface area contributed by atoms with E-state index in [1.165, 1.54) is 51.6 Å². The SMILES string of the molecule is CC1CNCC(C2CCOC3(CCC3)C2)C1. The summed E-state index contributed by atoms with van der Waals surface area (Å²) in [7, 11) is 0. The second kappa shape index (κ2) is 4.30. The number of piperidine rings is 1. The van der Waals surface area contributed by atoms with E-state index in [0.717, 1.165) is 24.4 Å². The molecule has 3 unspecified atom stereocenters. The summed E-state index contributed by atoms with van der Waals surface area (Å²) in [5.74, 6) is 2.73. The van der Waals surface area contributed by atoms with Gasteiger partial charge in [-0.25, -0.2) is 0 Å². The van der Waals surface area contributed by atoms with Crippen molar-refractivity contribution in [3.05, 3.63) is 0 Å². The number of hydrogen-bond donors (Lipinski definition) is 1. The molecule has 3 atom stereocenters. The van der Waals surface area contributed by atoms with E-state index in [0.29, 0.717) is 5.60 Å². The molecule has 0 radical (unpaired) electrons. The lowest BCUT2D eigenvalue weighted by Crippen LogP contribution is -2.49. The van der Waals surface area contributed by atoms with Gasteiger partial charge in [0, 0.05) is 6.61 Å². The van der Waals surface area contributed by atoms with Crippen LogP contribution in [0.4, 0.5) is 0 Å². The molecule has 3 rings (SSSR count). The zero-order valence-electron chi connectivity index (χ0n) is 10.5. The molecule has 0 amide bonds. The van der Waals surface area contributed by atoms with E-state index >= 15 is 0 Å². The standard InChI is InChI=1S/C14H25NO/c1-11-7-13(10-15-9-11)12-3-6-16-14(8-12)4-2-5-14/h11-13,15H,2-10H2,1H3. The Labute approximate surface area is 99.1 Å². The van der Waals surface area contributed by atoms with Crippen molar-refractivity contribution < 1.29 is 4.74 Å². The molecule has 0 aromatic carbocycles. The number of hydrogen-bond acceptors (Lipinski definition) is 2. The van der Waals surface area contributed by atoms with Crippen molar-refractivity contribution in [2.24, 2.45) is 17.8 Å². The fourth-order valence-electron chi connectivity index (χ4n) is 3.95. The fraction of sp³-hybridized carbons (Fsp3) is 1.00. The maximum atomic E-state index is 6.03. The van der Waals surface area contributed by atoms with Crippen LogP contribution < -0.4 is 5.32 Å². The van der Waals surface area contributed by atoms with E-state index < -0.39 is 0 Å². The highest BCUT2D eigenvalue weighted by atomic mass is 16.5. The van der Waals surface area contributed by atoms with Gasteiger partial charge in [0.05, 0.1) is 5.60 Å². The summed E-state index contributed by atoms with van der Waals surface area (Å²) >= 11 is 0. The number of ether oxygens (including phenoxy) is 1. The molecule has 2 nitrogen and oxygen atoms in total. The molecule has 16 heavy (non-hydrogen) atoms. The lowest BCUT2D eigenvalue weighted by atomic mass is 9.67. The Balaban J connectivity index is 1.61. The lowest BCUT2D eigenvalue weighted by molar-refractivity contribution is -0.151. The first kappa shape index (κ1) is 11.0. The molecule has 1 N–H and O–H groups in total. The van der Waals surface area contributed by atoms with Crippen LogP contribution in [-0.2, 0) is 4.74 Å². The van der Waals surface area contributed by atoms with Crippen LogP contribution >= 0.6 is 0 Å². The minimum atomic E-state index is 0.337. The predicted octanol–water partition coefficient (Wildman–Crippen LogP) is 2.58. The van der Waals surface area contributed by atoms with Gasteiger partial charge < -0.3 is 10.1 Å². The van der Waals surface area contributed by atoms with Crippen molar-refractivity contribution >= 4 is 0 Å². The minimum Gasteiger partial charge on any atom is -0.375 e. The largest absolute Gasteiger partial charge is 0.375 e. The van der Waals surface area contributed by atoms with Crippen LogP contribution in [0, 0.1) is 17.8 Å². The van der Waals surface area contributed by atoms with Crippen molar-refractivity contribution in [1.29, 1.82) is 0 Å². The average Bonchev–Trinajstić information content (AvgIpc) is 2.27. The summed E-state index contributed by atoms with van der Waals surface area (Å²) in [4.78, 5) is 0. The van der Waals surface area contributed by atoms with Gasteiger partial charge in [0.25, 0.3) is 0 Å². The summed E-state index contributed by atoms with van der Waals surface area (Å²) in [6.07, 6.45) is 8.16. The van der Waals surface area contributed by atoms with Gasteiger partial charge in [-0.1, -0.05) is 6.92 Å². The second-order valence-electron chi connectivity index (χ2n) is 6.40. The van der Waals surface area contributed by atoms with Crippen LogP contribution in [0.5, 0.6) is 0 Å². The first-order valence-corrected chi connectivity index (χ1v) is 7.12. The maximum absolute atomic E-state index is 6.03. The van der Waals surface area contributed by atoms with E-state index in [2.05, 4.69) is 12.2 Å². The monoisotopic (exact) mass is 223 g/mol. The van der Waals surface area contributed by atoms with Crippen LogP contribution in [0.25, 0.3) is 0 Å². The third-order valence-electron chi connectivity index (χ3n) is 5.07. The fourth-order valence-corrected chi connectivity index (χ4v) is 3.95. The molecule has 2 heteroatoms. The average molecular weight is 223 g/mol. The molecule has 0 bridgehead atoms. The first-order valence-electron chi connectivity index (χ1n) is 7.12. The van der Waals surface area contributed by atoms with Crippen molar-refractivity contribution in [1.82, 2.24) is 5.32 Å². The van der Waals surface area contributed by atoms with Crippen molar-refractivity contribution in [3.63, 3.8) is 0 Å². The van der Waals surface area contributed by atoms with Crippen LogP contribution in [0.3, 0.4) is 0 Å². The molecule has 2 aliphatic heterocycles. The van der Waals surface area contributed by atoms with Crippen LogP contribution in [0.15, 0.2) is 0 Å². The summed E-state index contributed by atoms with van der Waals surface area (Å²) in [5.41, 5.74) is 0.337. The molecule has 92 valence electrons. The predicted molar refractivity (Wildman–Crippen MR) is 65.4 cm³/mol. The van der Waals surface area contributed by atoms with Crippen molar-refractivity contribution in [2.45, 2.75) is 51.0 Å². The Kier molecular flexibility index (Phi) is 2.97. The Morgan fingerprint density at radius 2 is 2.06 bits per heavy atom. The summed E-state index contributed by atoms with van der Waals surface area (Å²) in [5, 5.41) is 3.60. The first-order chi connectivity index (χ1) is 7.77. The van der Waals surface area contributed by atoms with Gasteiger partial charge in [-0.3, -0.25) is 0 Å². The van der Waals surface area contributed by atoms with E-state index in [9.17, 15) is 0 Å². The molecular formula is C14H25NO. The maximum Gasteiger partial charge on any atom is 0.0685 e. The molecule has 2 heterocycles. The molecule has 2 saturated heterocycles. The van der Waals surface area contributed by atoms with Gasteiger partial charge in [-0.15, -0.1) is 0 Å². The van der Waals surface area contributed by atoms with Crippen molar-refractivity contribution in [2.75, 3.05) is 19.7 Å². The number of rotatable bonds is 1. The van der Waals surface area contributed by atoms with Crippen LogP contribution in [-0.4, -0.2) is 25.3 Å². The molecule has 3 fully saturated rings. The highest BCUT2D eigenvalue weighted by Crippen LogP contribution is 2.46. The topological polar surface area (TPSA) is 21.3 Å². The third kappa shape index (κ3) is 2.02. The van der Waals surface area contributed by atoms with Crippen LogP contribution in [0.2, 0.25) is 0 Å². The molecule has 1 saturated carbocycles. The quantitative estimate of drug-likeness (QED) is 0.738. The zero-order chi connectivity index (χ0) is 11.0. The van der Waals surface area contributed by atoms with Gasteiger partial charge in [-0.2, -0.15) is 0 Å². The van der Waals surface area contributed by atoms with E-state index in [4.69, 9.17) is 4.74 Å². The Morgan fingerprint density at radius 3 is 2.75 bits per heavy atom. The van der Waals surface area contributed by atoms with Crippen LogP contribution in [0.1, 0.15) is 45.4 Å². The Morgan fingerprint density at radius 1 is 1.19 bits per heavy atom. The Bertz CT molecular complexity index is 249. The highest BCUT2D eigenvalue weighted by Gasteiger charge is 2.44. The molecular weight excluding hydrogens is 198 g/mol. The molecule has 1 spiro atoms. The summed E-state index contributed by atoms with van der Waals surface area (Å²) < 4.78 is 6.03. The molecule has 1 aliphatic carbocycles. The molecule has 3 aliphatic rings. The Hall–Kier alpha value is -0.0800. The number of nitrogens with one attached hydrogen (secondary N) is 1. The van der Waals surface area contributed by atoms with E-state index in [-0.39, 0.29) is 0 Å². The highest BCUT2D eigenvalue weighted by molar-refractivity contribution is 4.96. The van der Waals surface area contributed by atoms with Gasteiger partial charge in [0.1, 0.15) is 0 Å². The van der Waals surface area contributed by atoms with Crippen molar-refractivity contribution in [3.8, 4) is 0 Å². The van der Waals surface area contributed by atoms with Gasteiger partial charge >= 0.3 is 0 Å². The van der Waals surface area contributed by atoms with Gasteiger partial charge in [0.15, 0.2) is 0 Å². The van der Waals surface area contributed by atoms with E-state index in [1.54, 1.807) is 0 Å². The summed E-state index contributed by atoms with van der Waals surface area (Å²) in [6, 6.07) is 0. The third-order valence-corrected chi connectivity index (χ3v) is 5.07. The molecule has 0 aromatic rings. The smallest absolute Gasteiger partial charge is 0.0685 e. The zero-order valence-corrected chi connectivity index (χ0v) is 10.5. The van der Waals surface area contributed by atoms with E-state index in [1.807, 2.05) is 0 Å². The van der Waals surface area contributed by atoms with Gasteiger partial charge in [-0.05, 0) is 69.4 Å².